The van der Waals surface area contributed by atoms with Gasteiger partial charge in [0.2, 0.25) is 0 Å². The number of carbonyl (C=O) groups is 1. The number of benzene rings is 1. The Bertz CT molecular complexity index is 954. The molecule has 0 aliphatic rings. The van der Waals surface area contributed by atoms with Crippen LogP contribution in [0.1, 0.15) is 16.2 Å². The molecule has 26 heavy (non-hydrogen) atoms. The third kappa shape index (κ3) is 3.45. The van der Waals surface area contributed by atoms with Gasteiger partial charge in [0.05, 0.1) is 16.3 Å². The zero-order valence-corrected chi connectivity index (χ0v) is 13.4. The Hall–Kier alpha value is -3.89. The molecule has 0 aliphatic carbocycles. The topological polar surface area (TPSA) is 128 Å². The average Bonchev–Trinajstić information content (AvgIpc) is 3.02. The molecule has 0 saturated carbocycles. The van der Waals surface area contributed by atoms with Crippen molar-refractivity contribution >= 4 is 17.4 Å². The zero-order chi connectivity index (χ0) is 18.7. The molecule has 3 aromatic rings. The van der Waals surface area contributed by atoms with Crippen molar-refractivity contribution in [3.8, 4) is 5.69 Å². The molecule has 2 heterocycles. The fourth-order valence-electron chi connectivity index (χ4n) is 2.11. The van der Waals surface area contributed by atoms with E-state index in [9.17, 15) is 19.3 Å². The van der Waals surface area contributed by atoms with Gasteiger partial charge in [0.15, 0.2) is 5.69 Å². The summed E-state index contributed by atoms with van der Waals surface area (Å²) in [5, 5.41) is 18.3. The summed E-state index contributed by atoms with van der Waals surface area (Å²) in [6, 6.07) is 8.17. The summed E-state index contributed by atoms with van der Waals surface area (Å²) in [7, 11) is 0. The number of rotatable bonds is 5. The molecule has 1 aromatic carbocycles. The highest BCUT2D eigenvalue weighted by Gasteiger charge is 2.17. The van der Waals surface area contributed by atoms with Crippen LogP contribution in [0.4, 0.5) is 15.9 Å². The fourth-order valence-corrected chi connectivity index (χ4v) is 2.11. The van der Waals surface area contributed by atoms with E-state index in [0.29, 0.717) is 11.4 Å². The third-order valence-electron chi connectivity index (χ3n) is 3.44. The van der Waals surface area contributed by atoms with Crippen molar-refractivity contribution in [3.63, 3.8) is 0 Å². The van der Waals surface area contributed by atoms with Crippen LogP contribution in [0.3, 0.4) is 0 Å². The van der Waals surface area contributed by atoms with E-state index in [4.69, 9.17) is 0 Å². The summed E-state index contributed by atoms with van der Waals surface area (Å²) in [5.74, 6) is -0.743. The van der Waals surface area contributed by atoms with Gasteiger partial charge in [-0.05, 0) is 37.3 Å². The van der Waals surface area contributed by atoms with Crippen LogP contribution in [0.15, 0.2) is 42.6 Å². The quantitative estimate of drug-likeness (QED) is 0.526. The zero-order valence-electron chi connectivity index (χ0n) is 13.4. The van der Waals surface area contributed by atoms with Crippen molar-refractivity contribution in [1.29, 1.82) is 0 Å². The van der Waals surface area contributed by atoms with Crippen molar-refractivity contribution in [2.24, 2.45) is 0 Å². The van der Waals surface area contributed by atoms with Crippen LogP contribution >= 0.6 is 0 Å². The first-order valence-electron chi connectivity index (χ1n) is 7.31. The van der Waals surface area contributed by atoms with Crippen LogP contribution < -0.4 is 10.9 Å². The van der Waals surface area contributed by atoms with E-state index in [2.05, 4.69) is 26.1 Å². The summed E-state index contributed by atoms with van der Waals surface area (Å²) in [5.41, 5.74) is 5.81. The highest BCUT2D eigenvalue weighted by atomic mass is 19.1. The maximum Gasteiger partial charge on any atom is 0.292 e. The second-order valence-corrected chi connectivity index (χ2v) is 5.15. The van der Waals surface area contributed by atoms with E-state index in [1.807, 2.05) is 0 Å². The Morgan fingerprint density at radius 3 is 2.58 bits per heavy atom. The summed E-state index contributed by atoms with van der Waals surface area (Å²) in [6.45, 7) is 1.64. The molecule has 3 rings (SSSR count). The van der Waals surface area contributed by atoms with E-state index in [-0.39, 0.29) is 23.0 Å². The molecular formula is C15H12FN7O3. The van der Waals surface area contributed by atoms with E-state index >= 15 is 0 Å². The minimum absolute atomic E-state index is 0.0590. The number of nitro groups is 1. The average molecular weight is 357 g/mol. The van der Waals surface area contributed by atoms with Crippen molar-refractivity contribution in [1.82, 2.24) is 25.4 Å². The fraction of sp³-hybridized carbons (Fsp3) is 0.0667. The number of pyridine rings is 1. The lowest BCUT2D eigenvalue weighted by Crippen LogP contribution is -2.30. The third-order valence-corrected chi connectivity index (χ3v) is 3.44. The van der Waals surface area contributed by atoms with Crippen LogP contribution in [0.5, 0.6) is 0 Å². The van der Waals surface area contributed by atoms with Crippen molar-refractivity contribution < 1.29 is 14.1 Å². The highest BCUT2D eigenvalue weighted by Crippen LogP contribution is 2.14. The number of halogens is 1. The monoisotopic (exact) mass is 357 g/mol. The standard InChI is InChI=1S/C15H12FN7O3/c1-9-14(19-21-22(9)11-4-2-10(16)3-5-11)15(24)20-18-13-7-6-12(8-17-13)23(25)26/h2-8H,1H3,(H,17,18)(H,20,24). The van der Waals surface area contributed by atoms with Gasteiger partial charge < -0.3 is 0 Å². The van der Waals surface area contributed by atoms with Gasteiger partial charge >= 0.3 is 0 Å². The molecule has 1 amide bonds. The molecule has 0 saturated heterocycles. The largest absolute Gasteiger partial charge is 0.292 e. The maximum atomic E-state index is 13.0. The highest BCUT2D eigenvalue weighted by molar-refractivity contribution is 5.93. The van der Waals surface area contributed by atoms with Gasteiger partial charge in [-0.25, -0.2) is 14.1 Å². The minimum Gasteiger partial charge on any atom is -0.282 e. The van der Waals surface area contributed by atoms with Crippen molar-refractivity contribution in [2.45, 2.75) is 6.92 Å². The van der Waals surface area contributed by atoms with E-state index < -0.39 is 10.8 Å². The van der Waals surface area contributed by atoms with Gasteiger partial charge in [-0.3, -0.25) is 25.8 Å². The lowest BCUT2D eigenvalue weighted by atomic mass is 10.3. The molecule has 0 radical (unpaired) electrons. The number of hydrogen-bond acceptors (Lipinski definition) is 7. The predicted molar refractivity (Wildman–Crippen MR) is 88.0 cm³/mol. The van der Waals surface area contributed by atoms with Gasteiger partial charge in [0.25, 0.3) is 11.6 Å². The molecule has 0 bridgehead atoms. The Labute approximate surface area is 145 Å². The van der Waals surface area contributed by atoms with Gasteiger partial charge in [-0.1, -0.05) is 5.21 Å². The second kappa shape index (κ2) is 6.93. The summed E-state index contributed by atoms with van der Waals surface area (Å²) in [6.07, 6.45) is 1.06. The molecule has 0 spiro atoms. The van der Waals surface area contributed by atoms with Gasteiger partial charge in [0.1, 0.15) is 17.8 Å². The Morgan fingerprint density at radius 2 is 1.96 bits per heavy atom. The lowest BCUT2D eigenvalue weighted by molar-refractivity contribution is -0.385. The normalized spacial score (nSPS) is 10.4. The minimum atomic E-state index is -0.577. The summed E-state index contributed by atoms with van der Waals surface area (Å²) in [4.78, 5) is 26.0. The number of nitrogens with one attached hydrogen (secondary N) is 2. The number of amides is 1. The molecule has 0 unspecified atom stereocenters. The molecule has 2 N–H and O–H groups in total. The van der Waals surface area contributed by atoms with Gasteiger partial charge in [0, 0.05) is 6.07 Å². The van der Waals surface area contributed by atoms with Gasteiger partial charge in [-0.15, -0.1) is 5.10 Å². The molecular weight excluding hydrogens is 345 g/mol. The Morgan fingerprint density at radius 1 is 1.23 bits per heavy atom. The molecule has 0 fully saturated rings. The van der Waals surface area contributed by atoms with Crippen LogP contribution in [-0.4, -0.2) is 30.8 Å². The van der Waals surface area contributed by atoms with Crippen LogP contribution in [0.2, 0.25) is 0 Å². The van der Waals surface area contributed by atoms with E-state index in [1.54, 1.807) is 6.92 Å². The van der Waals surface area contributed by atoms with Crippen LogP contribution in [0, 0.1) is 22.9 Å². The Kier molecular flexibility index (Phi) is 4.51. The first kappa shape index (κ1) is 17.0. The summed E-state index contributed by atoms with van der Waals surface area (Å²) >= 11 is 0. The smallest absolute Gasteiger partial charge is 0.282 e. The molecule has 11 heteroatoms. The number of carbonyl (C=O) groups excluding carboxylic acids is 1. The van der Waals surface area contributed by atoms with Crippen molar-refractivity contribution in [3.05, 3.63) is 69.9 Å². The lowest BCUT2D eigenvalue weighted by Gasteiger charge is -2.07. The van der Waals surface area contributed by atoms with Crippen LogP contribution in [0.25, 0.3) is 5.69 Å². The number of hydrazine groups is 1. The maximum absolute atomic E-state index is 13.0. The van der Waals surface area contributed by atoms with Crippen LogP contribution in [-0.2, 0) is 0 Å². The number of anilines is 1. The molecule has 10 nitrogen and oxygen atoms in total. The predicted octanol–water partition coefficient (Wildman–Crippen LogP) is 1.77. The molecule has 0 aliphatic heterocycles. The Balaban J connectivity index is 1.70. The number of aromatic nitrogens is 4. The summed E-state index contributed by atoms with van der Waals surface area (Å²) < 4.78 is 14.4. The first-order chi connectivity index (χ1) is 12.5. The molecule has 2 aromatic heterocycles. The van der Waals surface area contributed by atoms with E-state index in [0.717, 1.165) is 6.20 Å². The SMILES string of the molecule is Cc1c(C(=O)NNc2ccc([N+](=O)[O-])cn2)nnn1-c1ccc(F)cc1. The van der Waals surface area contributed by atoms with Gasteiger partial charge in [-0.2, -0.15) is 0 Å². The first-order valence-corrected chi connectivity index (χ1v) is 7.31. The number of hydrogen-bond donors (Lipinski definition) is 2. The van der Waals surface area contributed by atoms with E-state index in [1.165, 1.54) is 41.1 Å². The molecule has 0 atom stereocenters. The van der Waals surface area contributed by atoms with Crippen molar-refractivity contribution in [2.75, 3.05) is 5.43 Å². The molecule has 132 valence electrons. The number of nitrogens with zero attached hydrogens (tertiary/aromatic N) is 5. The second-order valence-electron chi connectivity index (χ2n) is 5.15.